The monoisotopic (exact) mass is 486 g/mol. The summed E-state index contributed by atoms with van der Waals surface area (Å²) < 4.78 is 27.1. The number of benzene rings is 1. The number of rotatable bonds is 11. The van der Waals surface area contributed by atoms with Crippen molar-refractivity contribution < 1.29 is 37.7 Å². The number of hydrogen-bond donors (Lipinski definition) is 2. The second-order valence-electron chi connectivity index (χ2n) is 8.13. The van der Waals surface area contributed by atoms with Gasteiger partial charge in [-0.15, -0.1) is 0 Å². The Bertz CT molecular complexity index is 1080. The van der Waals surface area contributed by atoms with Crippen molar-refractivity contribution in [3.63, 3.8) is 0 Å². The summed E-state index contributed by atoms with van der Waals surface area (Å²) in [6, 6.07) is 6.50. The molecule has 1 aromatic carbocycles. The Labute approximate surface area is 203 Å². The summed E-state index contributed by atoms with van der Waals surface area (Å²) in [5.41, 5.74) is 0.405. The Kier molecular flexibility index (Phi) is 8.77. The van der Waals surface area contributed by atoms with Gasteiger partial charge in [-0.05, 0) is 49.6 Å². The van der Waals surface area contributed by atoms with Gasteiger partial charge in [-0.1, -0.05) is 13.8 Å². The van der Waals surface area contributed by atoms with Crippen molar-refractivity contribution in [2.24, 2.45) is 5.92 Å². The molecule has 1 aliphatic heterocycles. The van der Waals surface area contributed by atoms with Crippen LogP contribution in [0.15, 0.2) is 52.3 Å². The van der Waals surface area contributed by atoms with Crippen LogP contribution in [0.4, 0.5) is 4.79 Å². The second kappa shape index (κ2) is 12.0. The minimum Gasteiger partial charge on any atom is -0.493 e. The number of carbonyl (C=O) groups excluding carboxylic acids is 3. The number of esters is 2. The zero-order chi connectivity index (χ0) is 25.4. The molecule has 1 aromatic heterocycles. The lowest BCUT2D eigenvalue weighted by molar-refractivity contribution is -0.139. The van der Waals surface area contributed by atoms with Crippen LogP contribution in [0.2, 0.25) is 0 Å². The lowest BCUT2D eigenvalue weighted by Gasteiger charge is -2.27. The lowest BCUT2D eigenvalue weighted by Crippen LogP contribution is -2.47. The summed E-state index contributed by atoms with van der Waals surface area (Å²) in [6.45, 7) is 6.14. The van der Waals surface area contributed by atoms with Gasteiger partial charge in [-0.2, -0.15) is 0 Å². The molecule has 0 aliphatic carbocycles. The largest absolute Gasteiger partial charge is 0.493 e. The molecule has 2 heterocycles. The highest BCUT2D eigenvalue weighted by molar-refractivity contribution is 5.95. The van der Waals surface area contributed by atoms with E-state index < -0.39 is 24.0 Å². The summed E-state index contributed by atoms with van der Waals surface area (Å²) in [6.07, 6.45) is 2.31. The molecular weight excluding hydrogens is 456 g/mol. The highest BCUT2D eigenvalue weighted by Gasteiger charge is 2.35. The van der Waals surface area contributed by atoms with Gasteiger partial charge in [0.15, 0.2) is 11.5 Å². The minimum absolute atomic E-state index is 0.0840. The van der Waals surface area contributed by atoms with E-state index in [2.05, 4.69) is 24.5 Å². The van der Waals surface area contributed by atoms with Gasteiger partial charge in [0, 0.05) is 0 Å². The number of furan rings is 1. The van der Waals surface area contributed by atoms with Crippen LogP contribution in [0.3, 0.4) is 0 Å². The first-order valence-corrected chi connectivity index (χ1v) is 11.3. The van der Waals surface area contributed by atoms with Crippen LogP contribution in [-0.4, -0.2) is 44.9 Å². The Morgan fingerprint density at radius 3 is 2.57 bits per heavy atom. The fourth-order valence-electron chi connectivity index (χ4n) is 3.39. The van der Waals surface area contributed by atoms with E-state index in [1.165, 1.54) is 19.4 Å². The maximum absolute atomic E-state index is 12.8. The second-order valence-corrected chi connectivity index (χ2v) is 8.13. The molecule has 3 rings (SSSR count). The minimum atomic E-state index is -0.895. The zero-order valence-electron chi connectivity index (χ0n) is 20.2. The molecule has 188 valence electrons. The van der Waals surface area contributed by atoms with Gasteiger partial charge in [0.05, 0.1) is 43.4 Å². The summed E-state index contributed by atoms with van der Waals surface area (Å²) in [5, 5.41) is 5.16. The molecule has 2 amide bonds. The fourth-order valence-corrected chi connectivity index (χ4v) is 3.39. The van der Waals surface area contributed by atoms with E-state index in [0.29, 0.717) is 29.8 Å². The molecule has 1 unspecified atom stereocenters. The first kappa shape index (κ1) is 25.7. The predicted octanol–water partition coefficient (Wildman–Crippen LogP) is 3.74. The smallest absolute Gasteiger partial charge is 0.338 e. The molecule has 10 nitrogen and oxygen atoms in total. The standard InChI is InChI=1S/C25H30N2O8/c1-5-32-24(29)21-17(26-25(30)27-22(21)19-7-6-11-33-19)14-35-23(28)16-8-9-18(20(13-16)31-4)34-12-10-15(2)3/h6-9,11,13,15,22H,5,10,12,14H2,1-4H3,(H2,26,27,30). The van der Waals surface area contributed by atoms with Gasteiger partial charge in [-0.3, -0.25) is 0 Å². The molecule has 0 radical (unpaired) electrons. The number of ether oxygens (including phenoxy) is 4. The van der Waals surface area contributed by atoms with E-state index in [1.807, 2.05) is 0 Å². The molecule has 0 bridgehead atoms. The summed E-state index contributed by atoms with van der Waals surface area (Å²) in [7, 11) is 1.48. The third-order valence-electron chi connectivity index (χ3n) is 5.18. The van der Waals surface area contributed by atoms with Crippen molar-refractivity contribution in [3.05, 3.63) is 59.2 Å². The Morgan fingerprint density at radius 2 is 1.91 bits per heavy atom. The topological polar surface area (TPSA) is 125 Å². The highest BCUT2D eigenvalue weighted by atomic mass is 16.5. The molecule has 1 aliphatic rings. The van der Waals surface area contributed by atoms with Gasteiger partial charge < -0.3 is 34.0 Å². The Morgan fingerprint density at radius 1 is 1.11 bits per heavy atom. The van der Waals surface area contributed by atoms with Gasteiger partial charge in [-0.25, -0.2) is 14.4 Å². The van der Waals surface area contributed by atoms with Crippen LogP contribution in [0.1, 0.15) is 49.4 Å². The average Bonchev–Trinajstić information content (AvgIpc) is 3.37. The predicted molar refractivity (Wildman–Crippen MR) is 125 cm³/mol. The van der Waals surface area contributed by atoms with E-state index in [4.69, 9.17) is 23.4 Å². The first-order chi connectivity index (χ1) is 16.8. The van der Waals surface area contributed by atoms with Crippen molar-refractivity contribution in [1.82, 2.24) is 10.6 Å². The number of methoxy groups -OCH3 is 1. The van der Waals surface area contributed by atoms with Crippen LogP contribution >= 0.6 is 0 Å². The van der Waals surface area contributed by atoms with E-state index in [1.54, 1.807) is 31.2 Å². The van der Waals surface area contributed by atoms with Gasteiger partial charge in [0.25, 0.3) is 0 Å². The van der Waals surface area contributed by atoms with Gasteiger partial charge in [0.2, 0.25) is 0 Å². The van der Waals surface area contributed by atoms with Crippen LogP contribution in [0.25, 0.3) is 0 Å². The molecule has 1 atom stereocenters. The van der Waals surface area contributed by atoms with Crippen LogP contribution in [0, 0.1) is 5.92 Å². The van der Waals surface area contributed by atoms with Crippen LogP contribution in [0.5, 0.6) is 11.5 Å². The molecule has 0 saturated carbocycles. The summed E-state index contributed by atoms with van der Waals surface area (Å²) in [5.74, 6) is 0.398. The molecule has 0 spiro atoms. The van der Waals surface area contributed by atoms with E-state index in [0.717, 1.165) is 6.42 Å². The summed E-state index contributed by atoms with van der Waals surface area (Å²) >= 11 is 0. The van der Waals surface area contributed by atoms with E-state index in [-0.39, 0.29) is 30.0 Å². The van der Waals surface area contributed by atoms with Crippen LogP contribution in [-0.2, 0) is 14.3 Å². The van der Waals surface area contributed by atoms with Crippen molar-refractivity contribution in [2.75, 3.05) is 26.9 Å². The Balaban J connectivity index is 1.79. The van der Waals surface area contributed by atoms with E-state index in [9.17, 15) is 14.4 Å². The third kappa shape index (κ3) is 6.56. The molecule has 2 aromatic rings. The third-order valence-corrected chi connectivity index (χ3v) is 5.18. The maximum Gasteiger partial charge on any atom is 0.338 e. The number of urea groups is 1. The SMILES string of the molecule is CCOC(=O)C1=C(COC(=O)c2ccc(OCCC(C)C)c(OC)c2)NC(=O)NC1c1ccco1. The van der Waals surface area contributed by atoms with Crippen LogP contribution < -0.4 is 20.1 Å². The molecule has 0 fully saturated rings. The lowest BCUT2D eigenvalue weighted by atomic mass is 10.0. The summed E-state index contributed by atoms with van der Waals surface area (Å²) in [4.78, 5) is 37.7. The quantitative estimate of drug-likeness (QED) is 0.460. The molecule has 2 N–H and O–H groups in total. The fraction of sp³-hybridized carbons (Fsp3) is 0.400. The maximum atomic E-state index is 12.8. The molecule has 10 heteroatoms. The van der Waals surface area contributed by atoms with Crippen molar-refractivity contribution in [1.29, 1.82) is 0 Å². The van der Waals surface area contributed by atoms with Gasteiger partial charge in [0.1, 0.15) is 18.4 Å². The number of hydrogen-bond acceptors (Lipinski definition) is 8. The normalized spacial score (nSPS) is 15.3. The van der Waals surface area contributed by atoms with Crippen molar-refractivity contribution in [2.45, 2.75) is 33.2 Å². The average molecular weight is 487 g/mol. The molecule has 0 saturated heterocycles. The Hall–Kier alpha value is -3.95. The highest BCUT2D eigenvalue weighted by Crippen LogP contribution is 2.30. The number of amides is 2. The van der Waals surface area contributed by atoms with Gasteiger partial charge >= 0.3 is 18.0 Å². The van der Waals surface area contributed by atoms with Crippen molar-refractivity contribution in [3.8, 4) is 11.5 Å². The number of nitrogens with one attached hydrogen (secondary N) is 2. The molecule has 35 heavy (non-hydrogen) atoms. The molecular formula is C25H30N2O8. The number of carbonyl (C=O) groups is 3. The first-order valence-electron chi connectivity index (χ1n) is 11.3. The zero-order valence-corrected chi connectivity index (χ0v) is 20.2. The van der Waals surface area contributed by atoms with Crippen molar-refractivity contribution >= 4 is 18.0 Å². The van der Waals surface area contributed by atoms with E-state index >= 15 is 0 Å².